The van der Waals surface area contributed by atoms with E-state index < -0.39 is 9.05 Å². The molecule has 0 aliphatic rings. The summed E-state index contributed by atoms with van der Waals surface area (Å²) in [6.45, 7) is 3.85. The predicted molar refractivity (Wildman–Crippen MR) is 77.3 cm³/mol. The van der Waals surface area contributed by atoms with E-state index in [9.17, 15) is 13.2 Å². The van der Waals surface area contributed by atoms with Gasteiger partial charge in [-0.25, -0.2) is 8.42 Å². The Bertz CT molecular complexity index is 598. The molecule has 0 saturated heterocycles. The molecule has 5 nitrogen and oxygen atoms in total. The lowest BCUT2D eigenvalue weighted by Gasteiger charge is -2.21. The molecule has 0 saturated carbocycles. The van der Waals surface area contributed by atoms with Crippen LogP contribution < -0.4 is 4.74 Å². The number of carbonyl (C=O) groups is 1. The number of benzene rings is 1. The monoisotopic (exact) mass is 319 g/mol. The highest BCUT2D eigenvalue weighted by atomic mass is 35.7. The normalized spacial score (nSPS) is 11.5. The van der Waals surface area contributed by atoms with Crippen LogP contribution in [-0.4, -0.2) is 33.4 Å². The highest BCUT2D eigenvalue weighted by molar-refractivity contribution is 8.13. The minimum atomic E-state index is -3.81. The van der Waals surface area contributed by atoms with Crippen molar-refractivity contribution in [2.24, 2.45) is 5.92 Å². The van der Waals surface area contributed by atoms with E-state index in [4.69, 9.17) is 15.4 Å². The van der Waals surface area contributed by atoms with Crippen molar-refractivity contribution in [3.05, 3.63) is 23.8 Å². The zero-order chi connectivity index (χ0) is 15.5. The fourth-order valence-electron chi connectivity index (χ4n) is 1.80. The standard InChI is InChI=1S/C13H18ClNO4S/c1-9(2)13(16)15(3)8-10-7-11(20(14,17)18)5-6-12(10)19-4/h5-7,9H,8H2,1-4H3. The van der Waals surface area contributed by atoms with Gasteiger partial charge in [0.1, 0.15) is 5.75 Å². The van der Waals surface area contributed by atoms with E-state index in [-0.39, 0.29) is 23.3 Å². The fraction of sp³-hybridized carbons (Fsp3) is 0.462. The van der Waals surface area contributed by atoms with Gasteiger partial charge in [0.15, 0.2) is 0 Å². The Labute approximate surface area is 123 Å². The Kier molecular flexibility index (Phi) is 5.42. The third-order valence-corrected chi connectivity index (χ3v) is 4.16. The van der Waals surface area contributed by atoms with Gasteiger partial charge in [0.2, 0.25) is 5.91 Å². The topological polar surface area (TPSA) is 63.7 Å². The van der Waals surface area contributed by atoms with Gasteiger partial charge in [0, 0.05) is 35.8 Å². The molecular formula is C13H18ClNO4S. The third kappa shape index (κ3) is 4.11. The summed E-state index contributed by atoms with van der Waals surface area (Å²) in [5.41, 5.74) is 0.589. The molecule has 112 valence electrons. The van der Waals surface area contributed by atoms with Gasteiger partial charge >= 0.3 is 0 Å². The van der Waals surface area contributed by atoms with Gasteiger partial charge in [-0.3, -0.25) is 4.79 Å². The average molecular weight is 320 g/mol. The summed E-state index contributed by atoms with van der Waals surface area (Å²) in [6, 6.07) is 4.32. The maximum Gasteiger partial charge on any atom is 0.261 e. The smallest absolute Gasteiger partial charge is 0.261 e. The molecule has 0 radical (unpaired) electrons. The Morgan fingerprint density at radius 1 is 1.40 bits per heavy atom. The van der Waals surface area contributed by atoms with Crippen molar-refractivity contribution >= 4 is 25.6 Å². The Balaban J connectivity index is 3.12. The largest absolute Gasteiger partial charge is 0.496 e. The SMILES string of the molecule is COc1ccc(S(=O)(=O)Cl)cc1CN(C)C(=O)C(C)C. The van der Waals surface area contributed by atoms with Crippen LogP contribution >= 0.6 is 10.7 Å². The first-order valence-corrected chi connectivity index (χ1v) is 8.34. The molecule has 0 unspecified atom stereocenters. The second kappa shape index (κ2) is 6.45. The van der Waals surface area contributed by atoms with Gasteiger partial charge in [0.05, 0.1) is 12.0 Å². The zero-order valence-corrected chi connectivity index (χ0v) is 13.5. The van der Waals surface area contributed by atoms with E-state index >= 15 is 0 Å². The van der Waals surface area contributed by atoms with Gasteiger partial charge in [-0.15, -0.1) is 0 Å². The lowest BCUT2D eigenvalue weighted by Crippen LogP contribution is -2.30. The summed E-state index contributed by atoms with van der Waals surface area (Å²) in [6.07, 6.45) is 0. The number of ether oxygens (including phenoxy) is 1. The Hall–Kier alpha value is -1.27. The van der Waals surface area contributed by atoms with Crippen molar-refractivity contribution in [2.45, 2.75) is 25.3 Å². The molecular weight excluding hydrogens is 302 g/mol. The number of amides is 1. The first-order valence-electron chi connectivity index (χ1n) is 6.03. The number of rotatable bonds is 5. The molecule has 0 spiro atoms. The summed E-state index contributed by atoms with van der Waals surface area (Å²) in [5, 5.41) is 0. The van der Waals surface area contributed by atoms with Crippen LogP contribution in [-0.2, 0) is 20.4 Å². The second-order valence-electron chi connectivity index (χ2n) is 4.76. The van der Waals surface area contributed by atoms with Crippen molar-refractivity contribution in [2.75, 3.05) is 14.2 Å². The van der Waals surface area contributed by atoms with Gasteiger partial charge in [-0.2, -0.15) is 0 Å². The maximum absolute atomic E-state index is 11.9. The van der Waals surface area contributed by atoms with Crippen molar-refractivity contribution < 1.29 is 17.9 Å². The molecule has 0 N–H and O–H groups in total. The van der Waals surface area contributed by atoms with E-state index in [2.05, 4.69) is 0 Å². The van der Waals surface area contributed by atoms with Crippen LogP contribution in [0.2, 0.25) is 0 Å². The minimum absolute atomic E-state index is 0.0136. The van der Waals surface area contributed by atoms with Crippen molar-refractivity contribution in [3.63, 3.8) is 0 Å². The second-order valence-corrected chi connectivity index (χ2v) is 7.33. The van der Waals surface area contributed by atoms with Crippen LogP contribution in [0.3, 0.4) is 0 Å². The van der Waals surface area contributed by atoms with Crippen molar-refractivity contribution in [3.8, 4) is 5.75 Å². The molecule has 0 aliphatic heterocycles. The van der Waals surface area contributed by atoms with Crippen molar-refractivity contribution in [1.82, 2.24) is 4.90 Å². The summed E-state index contributed by atoms with van der Waals surface area (Å²) >= 11 is 0. The van der Waals surface area contributed by atoms with E-state index in [1.165, 1.54) is 30.2 Å². The number of carbonyl (C=O) groups excluding carboxylic acids is 1. The molecule has 1 aromatic carbocycles. The highest BCUT2D eigenvalue weighted by Crippen LogP contribution is 2.25. The fourth-order valence-corrected chi connectivity index (χ4v) is 2.61. The van der Waals surface area contributed by atoms with Crippen LogP contribution in [0, 0.1) is 5.92 Å². The number of nitrogens with zero attached hydrogens (tertiary/aromatic N) is 1. The lowest BCUT2D eigenvalue weighted by atomic mass is 10.1. The Morgan fingerprint density at radius 3 is 2.45 bits per heavy atom. The quantitative estimate of drug-likeness (QED) is 0.781. The van der Waals surface area contributed by atoms with Gasteiger partial charge in [-0.1, -0.05) is 13.8 Å². The number of hydrogen-bond acceptors (Lipinski definition) is 4. The molecule has 1 aromatic rings. The van der Waals surface area contributed by atoms with E-state index in [0.29, 0.717) is 11.3 Å². The maximum atomic E-state index is 11.9. The molecule has 20 heavy (non-hydrogen) atoms. The van der Waals surface area contributed by atoms with Crippen LogP contribution in [0.5, 0.6) is 5.75 Å². The van der Waals surface area contributed by atoms with E-state index in [1.54, 1.807) is 20.9 Å². The van der Waals surface area contributed by atoms with E-state index in [1.807, 2.05) is 0 Å². The molecule has 0 fully saturated rings. The number of halogens is 1. The number of hydrogen-bond donors (Lipinski definition) is 0. The molecule has 0 aromatic heterocycles. The van der Waals surface area contributed by atoms with Crippen LogP contribution in [0.1, 0.15) is 19.4 Å². The van der Waals surface area contributed by atoms with Crippen LogP contribution in [0.25, 0.3) is 0 Å². The summed E-state index contributed by atoms with van der Waals surface area (Å²) in [4.78, 5) is 13.4. The Morgan fingerprint density at radius 2 is 2.00 bits per heavy atom. The summed E-state index contributed by atoms with van der Waals surface area (Å²) < 4.78 is 27.9. The molecule has 0 atom stereocenters. The molecule has 0 bridgehead atoms. The molecule has 1 rings (SSSR count). The van der Waals surface area contributed by atoms with Crippen LogP contribution in [0.4, 0.5) is 0 Å². The van der Waals surface area contributed by atoms with Gasteiger partial charge < -0.3 is 9.64 Å². The minimum Gasteiger partial charge on any atom is -0.496 e. The first kappa shape index (κ1) is 16.8. The highest BCUT2D eigenvalue weighted by Gasteiger charge is 2.18. The molecule has 7 heteroatoms. The number of methoxy groups -OCH3 is 1. The zero-order valence-electron chi connectivity index (χ0n) is 11.9. The predicted octanol–water partition coefficient (Wildman–Crippen LogP) is 2.24. The van der Waals surface area contributed by atoms with Crippen molar-refractivity contribution in [1.29, 1.82) is 0 Å². The van der Waals surface area contributed by atoms with E-state index in [0.717, 1.165) is 0 Å². The van der Waals surface area contributed by atoms with Gasteiger partial charge in [-0.05, 0) is 18.2 Å². The third-order valence-electron chi connectivity index (χ3n) is 2.81. The molecule has 0 heterocycles. The average Bonchev–Trinajstić information content (AvgIpc) is 2.36. The summed E-state index contributed by atoms with van der Waals surface area (Å²) in [5.74, 6) is 0.342. The molecule has 0 aliphatic carbocycles. The van der Waals surface area contributed by atoms with Crippen LogP contribution in [0.15, 0.2) is 23.1 Å². The van der Waals surface area contributed by atoms with Gasteiger partial charge in [0.25, 0.3) is 9.05 Å². The summed E-state index contributed by atoms with van der Waals surface area (Å²) in [7, 11) is 4.66. The molecule has 1 amide bonds. The first-order chi connectivity index (χ1) is 9.16. The lowest BCUT2D eigenvalue weighted by molar-refractivity contribution is -0.133.